The average molecular weight is 253 g/mol. The third-order valence-electron chi connectivity index (χ3n) is 3.88. The fraction of sp³-hybridized carbons (Fsp3) is 0.333. The van der Waals surface area contributed by atoms with Crippen molar-refractivity contribution in [1.82, 2.24) is 0 Å². The van der Waals surface area contributed by atoms with Crippen molar-refractivity contribution in [1.29, 1.82) is 0 Å². The Bertz CT molecular complexity index is 565. The van der Waals surface area contributed by atoms with Gasteiger partial charge in [-0.25, -0.2) is 0 Å². The average Bonchev–Trinajstić information content (AvgIpc) is 2.42. The molecule has 0 aromatic heterocycles. The van der Waals surface area contributed by atoms with E-state index in [1.54, 1.807) is 0 Å². The topological polar surface area (TPSA) is 26.0 Å². The number of nitrogens with two attached hydrogens (primary N) is 1. The normalized spacial score (nSPS) is 11.6. The molecule has 1 nitrogen and oxygen atoms in total. The van der Waals surface area contributed by atoms with E-state index in [1.165, 1.54) is 27.8 Å². The minimum atomic E-state index is 0.0418. The Hall–Kier alpha value is -1.60. The molecule has 0 radical (unpaired) electrons. The van der Waals surface area contributed by atoms with Crippen molar-refractivity contribution in [3.8, 4) is 11.1 Å². The first-order valence-corrected chi connectivity index (χ1v) is 6.82. The highest BCUT2D eigenvalue weighted by Crippen LogP contribution is 2.28. The second-order valence-electron chi connectivity index (χ2n) is 5.98. The van der Waals surface area contributed by atoms with Crippen LogP contribution in [-0.4, -0.2) is 6.54 Å². The molecule has 0 saturated heterocycles. The highest BCUT2D eigenvalue weighted by Gasteiger charge is 2.18. The van der Waals surface area contributed by atoms with Crippen molar-refractivity contribution >= 4 is 0 Å². The zero-order valence-corrected chi connectivity index (χ0v) is 12.3. The van der Waals surface area contributed by atoms with E-state index in [9.17, 15) is 0 Å². The van der Waals surface area contributed by atoms with E-state index in [0.717, 1.165) is 0 Å². The van der Waals surface area contributed by atoms with Crippen LogP contribution in [0.3, 0.4) is 0 Å². The van der Waals surface area contributed by atoms with Crippen LogP contribution in [0.4, 0.5) is 0 Å². The van der Waals surface area contributed by atoms with Gasteiger partial charge in [0.1, 0.15) is 0 Å². The molecule has 1 heteroatoms. The summed E-state index contributed by atoms with van der Waals surface area (Å²) in [4.78, 5) is 0. The molecule has 0 bridgehead atoms. The van der Waals surface area contributed by atoms with Gasteiger partial charge in [0.05, 0.1) is 0 Å². The molecule has 2 aromatic rings. The predicted molar refractivity (Wildman–Crippen MR) is 83.4 cm³/mol. The van der Waals surface area contributed by atoms with Gasteiger partial charge in [0.25, 0.3) is 0 Å². The van der Waals surface area contributed by atoms with Gasteiger partial charge >= 0.3 is 0 Å². The molecule has 0 amide bonds. The van der Waals surface area contributed by atoms with E-state index in [2.05, 4.69) is 70.2 Å². The predicted octanol–water partition coefficient (Wildman–Crippen LogP) is 4.21. The van der Waals surface area contributed by atoms with E-state index in [0.29, 0.717) is 6.54 Å². The molecule has 2 aromatic carbocycles. The first-order valence-electron chi connectivity index (χ1n) is 6.82. The fourth-order valence-electron chi connectivity index (χ4n) is 2.27. The summed E-state index contributed by atoms with van der Waals surface area (Å²) in [6, 6.07) is 15.4. The zero-order valence-electron chi connectivity index (χ0n) is 12.3. The van der Waals surface area contributed by atoms with Gasteiger partial charge in [0.2, 0.25) is 0 Å². The van der Waals surface area contributed by atoms with Gasteiger partial charge in [0.15, 0.2) is 0 Å². The van der Waals surface area contributed by atoms with E-state index >= 15 is 0 Å². The van der Waals surface area contributed by atoms with E-state index < -0.39 is 0 Å². The number of aryl methyl sites for hydroxylation is 2. The van der Waals surface area contributed by atoms with Crippen LogP contribution in [0.1, 0.15) is 30.5 Å². The second kappa shape index (κ2) is 5.18. The third kappa shape index (κ3) is 2.87. The maximum absolute atomic E-state index is 5.83. The van der Waals surface area contributed by atoms with Gasteiger partial charge in [-0.3, -0.25) is 0 Å². The van der Waals surface area contributed by atoms with Crippen LogP contribution in [0.2, 0.25) is 0 Å². The second-order valence-corrected chi connectivity index (χ2v) is 5.98. The molecule has 0 aliphatic carbocycles. The maximum Gasteiger partial charge on any atom is 0.00190 e. The Kier molecular flexibility index (Phi) is 3.77. The van der Waals surface area contributed by atoms with Gasteiger partial charge in [-0.1, -0.05) is 61.9 Å². The number of hydrogen-bond donors (Lipinski definition) is 1. The standard InChI is InChI=1S/C18H23N/c1-13-5-6-14(2)17(11-13)15-7-9-16(10-8-15)18(3,4)12-19/h5-11H,12,19H2,1-4H3. The van der Waals surface area contributed by atoms with Gasteiger partial charge < -0.3 is 5.73 Å². The van der Waals surface area contributed by atoms with E-state index in [4.69, 9.17) is 5.73 Å². The summed E-state index contributed by atoms with van der Waals surface area (Å²) in [5.41, 5.74) is 12.4. The lowest BCUT2D eigenvalue weighted by molar-refractivity contribution is 0.539. The molecule has 2 N–H and O–H groups in total. The van der Waals surface area contributed by atoms with Crippen LogP contribution in [0.15, 0.2) is 42.5 Å². The number of benzene rings is 2. The van der Waals surface area contributed by atoms with Crippen molar-refractivity contribution in [3.63, 3.8) is 0 Å². The van der Waals surface area contributed by atoms with Crippen LogP contribution < -0.4 is 5.73 Å². The summed E-state index contributed by atoms with van der Waals surface area (Å²) in [5, 5.41) is 0. The molecule has 0 saturated carbocycles. The summed E-state index contributed by atoms with van der Waals surface area (Å²) in [6.45, 7) is 9.32. The van der Waals surface area contributed by atoms with E-state index in [1.807, 2.05) is 0 Å². The molecule has 0 aliphatic rings. The van der Waals surface area contributed by atoms with Crippen LogP contribution >= 0.6 is 0 Å². The molecule has 19 heavy (non-hydrogen) atoms. The molecular formula is C18H23N. The summed E-state index contributed by atoms with van der Waals surface area (Å²) in [6.07, 6.45) is 0. The van der Waals surface area contributed by atoms with Crippen molar-refractivity contribution in [2.75, 3.05) is 6.54 Å². The molecule has 100 valence electrons. The zero-order chi connectivity index (χ0) is 14.0. The van der Waals surface area contributed by atoms with Gasteiger partial charge in [0, 0.05) is 12.0 Å². The molecule has 2 rings (SSSR count). The molecule has 0 unspecified atom stereocenters. The Morgan fingerprint density at radius 2 is 1.58 bits per heavy atom. The highest BCUT2D eigenvalue weighted by molar-refractivity contribution is 5.68. The number of hydrogen-bond acceptors (Lipinski definition) is 1. The van der Waals surface area contributed by atoms with Gasteiger partial charge in [-0.2, -0.15) is 0 Å². The van der Waals surface area contributed by atoms with Crippen LogP contribution in [0.5, 0.6) is 0 Å². The Morgan fingerprint density at radius 3 is 2.16 bits per heavy atom. The smallest absolute Gasteiger partial charge is 0.00190 e. The lowest BCUT2D eigenvalue weighted by Gasteiger charge is -2.23. The molecule has 0 atom stereocenters. The Morgan fingerprint density at radius 1 is 0.947 bits per heavy atom. The van der Waals surface area contributed by atoms with Crippen LogP contribution in [-0.2, 0) is 5.41 Å². The third-order valence-corrected chi connectivity index (χ3v) is 3.88. The monoisotopic (exact) mass is 253 g/mol. The molecular weight excluding hydrogens is 230 g/mol. The van der Waals surface area contributed by atoms with Gasteiger partial charge in [-0.05, 0) is 36.1 Å². The summed E-state index contributed by atoms with van der Waals surface area (Å²) in [7, 11) is 0. The van der Waals surface area contributed by atoms with Crippen LogP contribution in [0.25, 0.3) is 11.1 Å². The fourth-order valence-corrected chi connectivity index (χ4v) is 2.27. The summed E-state index contributed by atoms with van der Waals surface area (Å²) >= 11 is 0. The Balaban J connectivity index is 2.40. The maximum atomic E-state index is 5.83. The molecule has 0 spiro atoms. The first-order chi connectivity index (χ1) is 8.94. The molecule has 0 aliphatic heterocycles. The minimum absolute atomic E-state index is 0.0418. The Labute approximate surface area is 116 Å². The van der Waals surface area contributed by atoms with Crippen LogP contribution in [0, 0.1) is 13.8 Å². The van der Waals surface area contributed by atoms with E-state index in [-0.39, 0.29) is 5.41 Å². The van der Waals surface area contributed by atoms with Crippen molar-refractivity contribution in [3.05, 3.63) is 59.2 Å². The summed E-state index contributed by atoms with van der Waals surface area (Å²) in [5.74, 6) is 0. The lowest BCUT2D eigenvalue weighted by atomic mass is 9.84. The van der Waals surface area contributed by atoms with Crippen molar-refractivity contribution < 1.29 is 0 Å². The highest BCUT2D eigenvalue weighted by atomic mass is 14.6. The first kappa shape index (κ1) is 13.8. The van der Waals surface area contributed by atoms with Gasteiger partial charge in [-0.15, -0.1) is 0 Å². The molecule has 0 heterocycles. The minimum Gasteiger partial charge on any atom is -0.330 e. The van der Waals surface area contributed by atoms with Crippen molar-refractivity contribution in [2.24, 2.45) is 5.73 Å². The summed E-state index contributed by atoms with van der Waals surface area (Å²) < 4.78 is 0. The van der Waals surface area contributed by atoms with Crippen molar-refractivity contribution in [2.45, 2.75) is 33.1 Å². The quantitative estimate of drug-likeness (QED) is 0.871. The molecule has 0 fully saturated rings. The SMILES string of the molecule is Cc1ccc(C)c(-c2ccc(C(C)(C)CN)cc2)c1. The lowest BCUT2D eigenvalue weighted by Crippen LogP contribution is -2.27. The number of rotatable bonds is 3. The largest absolute Gasteiger partial charge is 0.330 e.